The average Bonchev–Trinajstić information content (AvgIpc) is 2.28. The fraction of sp³-hybridized carbons (Fsp3) is 0.462. The molecule has 0 aliphatic heterocycles. The molecule has 0 aliphatic rings. The topological polar surface area (TPSA) is 26.3 Å². The third-order valence-electron chi connectivity index (χ3n) is 2.68. The molecule has 1 aromatic rings. The van der Waals surface area contributed by atoms with Crippen LogP contribution < -0.4 is 4.74 Å². The zero-order valence-electron chi connectivity index (χ0n) is 9.92. The average molecular weight is 224 g/mol. The summed E-state index contributed by atoms with van der Waals surface area (Å²) < 4.78 is 18.2. The summed E-state index contributed by atoms with van der Waals surface area (Å²) in [6.07, 6.45) is 0.796. The van der Waals surface area contributed by atoms with Gasteiger partial charge in [-0.1, -0.05) is 19.9 Å². The Morgan fingerprint density at radius 3 is 2.81 bits per heavy atom. The number of rotatable bonds is 5. The first kappa shape index (κ1) is 12.7. The molecule has 0 aromatic heterocycles. The molecule has 0 radical (unpaired) electrons. The van der Waals surface area contributed by atoms with Crippen LogP contribution in [0, 0.1) is 18.7 Å². The van der Waals surface area contributed by atoms with Crippen LogP contribution in [0.4, 0.5) is 4.39 Å². The van der Waals surface area contributed by atoms with E-state index >= 15 is 0 Å². The number of aryl methyl sites for hydroxylation is 1. The van der Waals surface area contributed by atoms with E-state index < -0.39 is 0 Å². The van der Waals surface area contributed by atoms with E-state index in [9.17, 15) is 9.18 Å². The minimum Gasteiger partial charge on any atom is -0.485 e. The lowest BCUT2D eigenvalue weighted by atomic mass is 10.0. The number of hydrogen-bond donors (Lipinski definition) is 0. The molecule has 2 nitrogen and oxygen atoms in total. The maximum atomic E-state index is 12.9. The summed E-state index contributed by atoms with van der Waals surface area (Å²) in [6, 6.07) is 4.32. The maximum Gasteiger partial charge on any atom is 0.172 e. The molecule has 0 spiro atoms. The van der Waals surface area contributed by atoms with Gasteiger partial charge in [0.2, 0.25) is 0 Å². The number of ether oxygens (including phenoxy) is 1. The van der Waals surface area contributed by atoms with E-state index in [1.165, 1.54) is 12.1 Å². The van der Waals surface area contributed by atoms with E-state index in [4.69, 9.17) is 4.74 Å². The number of ketones is 1. The van der Waals surface area contributed by atoms with Crippen molar-refractivity contribution in [3.8, 4) is 5.75 Å². The van der Waals surface area contributed by atoms with Crippen LogP contribution in [-0.4, -0.2) is 12.4 Å². The first-order valence-corrected chi connectivity index (χ1v) is 5.46. The van der Waals surface area contributed by atoms with Gasteiger partial charge in [-0.15, -0.1) is 0 Å². The Hall–Kier alpha value is -1.38. The Kier molecular flexibility index (Phi) is 4.47. The van der Waals surface area contributed by atoms with Gasteiger partial charge in [-0.3, -0.25) is 4.79 Å². The van der Waals surface area contributed by atoms with Gasteiger partial charge < -0.3 is 4.74 Å². The van der Waals surface area contributed by atoms with Crippen LogP contribution >= 0.6 is 0 Å². The van der Waals surface area contributed by atoms with Gasteiger partial charge in [-0.05, 0) is 25.0 Å². The third-order valence-corrected chi connectivity index (χ3v) is 2.68. The lowest BCUT2D eigenvalue weighted by molar-refractivity contribution is -0.124. The highest BCUT2D eigenvalue weighted by Gasteiger charge is 2.12. The van der Waals surface area contributed by atoms with E-state index in [2.05, 4.69) is 0 Å². The van der Waals surface area contributed by atoms with Crippen LogP contribution in [0.25, 0.3) is 0 Å². The Balaban J connectivity index is 2.61. The molecule has 88 valence electrons. The van der Waals surface area contributed by atoms with Crippen LogP contribution in [0.2, 0.25) is 0 Å². The molecule has 16 heavy (non-hydrogen) atoms. The number of halogens is 1. The second-order valence-corrected chi connectivity index (χ2v) is 3.97. The highest BCUT2D eigenvalue weighted by Crippen LogP contribution is 2.19. The summed E-state index contributed by atoms with van der Waals surface area (Å²) in [4.78, 5) is 11.5. The molecule has 1 unspecified atom stereocenters. The van der Waals surface area contributed by atoms with E-state index in [1.54, 1.807) is 6.07 Å². The van der Waals surface area contributed by atoms with Gasteiger partial charge in [-0.2, -0.15) is 0 Å². The predicted octanol–water partition coefficient (Wildman–Crippen LogP) is 3.13. The number of hydrogen-bond acceptors (Lipinski definition) is 2. The lowest BCUT2D eigenvalue weighted by Gasteiger charge is -2.11. The number of carbonyl (C=O) groups excluding carboxylic acids is 1. The second-order valence-electron chi connectivity index (χ2n) is 3.97. The summed E-state index contributed by atoms with van der Waals surface area (Å²) in [6.45, 7) is 5.65. The third kappa shape index (κ3) is 3.33. The molecule has 1 rings (SSSR count). The van der Waals surface area contributed by atoms with Gasteiger partial charge in [0.25, 0.3) is 0 Å². The molecule has 0 fully saturated rings. The Morgan fingerprint density at radius 1 is 1.50 bits per heavy atom. The Labute approximate surface area is 95.4 Å². The van der Waals surface area contributed by atoms with E-state index in [0.29, 0.717) is 5.75 Å². The fourth-order valence-corrected chi connectivity index (χ4v) is 1.25. The van der Waals surface area contributed by atoms with Crippen molar-refractivity contribution in [3.63, 3.8) is 0 Å². The quantitative estimate of drug-likeness (QED) is 0.768. The standard InChI is InChI=1S/C13H17FO2/c1-4-9(2)12(15)8-16-13-7-11(14)6-5-10(13)3/h5-7,9H,4,8H2,1-3H3. The largest absolute Gasteiger partial charge is 0.485 e. The summed E-state index contributed by atoms with van der Waals surface area (Å²) in [5.74, 6) is 0.133. The Bertz CT molecular complexity index is 374. The molecular formula is C13H17FO2. The zero-order valence-corrected chi connectivity index (χ0v) is 9.92. The SMILES string of the molecule is CCC(C)C(=O)COc1cc(F)ccc1C. The van der Waals surface area contributed by atoms with E-state index in [0.717, 1.165) is 12.0 Å². The molecular weight excluding hydrogens is 207 g/mol. The van der Waals surface area contributed by atoms with Crippen LogP contribution in [0.15, 0.2) is 18.2 Å². The van der Waals surface area contributed by atoms with Gasteiger partial charge >= 0.3 is 0 Å². The minimum atomic E-state index is -0.350. The summed E-state index contributed by atoms with van der Waals surface area (Å²) in [7, 11) is 0. The zero-order chi connectivity index (χ0) is 12.1. The molecule has 0 bridgehead atoms. The fourth-order valence-electron chi connectivity index (χ4n) is 1.25. The highest BCUT2D eigenvalue weighted by molar-refractivity contribution is 5.82. The van der Waals surface area contributed by atoms with Crippen molar-refractivity contribution < 1.29 is 13.9 Å². The van der Waals surface area contributed by atoms with Crippen molar-refractivity contribution in [2.24, 2.45) is 5.92 Å². The van der Waals surface area contributed by atoms with Crippen molar-refractivity contribution in [2.45, 2.75) is 27.2 Å². The number of Topliss-reactive ketones (excluding diaryl/α,β-unsaturated/α-hetero) is 1. The van der Waals surface area contributed by atoms with Gasteiger partial charge in [0.1, 0.15) is 18.2 Å². The summed E-state index contributed by atoms with van der Waals surface area (Å²) in [5, 5.41) is 0. The molecule has 0 saturated carbocycles. The van der Waals surface area contributed by atoms with Crippen LogP contribution in [0.1, 0.15) is 25.8 Å². The maximum absolute atomic E-state index is 12.9. The molecule has 1 atom stereocenters. The van der Waals surface area contributed by atoms with E-state index in [-0.39, 0.29) is 24.1 Å². The number of carbonyl (C=O) groups is 1. The number of benzene rings is 1. The monoisotopic (exact) mass is 224 g/mol. The van der Waals surface area contributed by atoms with Crippen molar-refractivity contribution in [2.75, 3.05) is 6.61 Å². The Morgan fingerprint density at radius 2 is 2.19 bits per heavy atom. The molecule has 3 heteroatoms. The summed E-state index contributed by atoms with van der Waals surface area (Å²) in [5.41, 5.74) is 0.832. The smallest absolute Gasteiger partial charge is 0.172 e. The van der Waals surface area contributed by atoms with Gasteiger partial charge in [0.15, 0.2) is 5.78 Å². The molecule has 0 amide bonds. The van der Waals surface area contributed by atoms with Crippen LogP contribution in [0.5, 0.6) is 5.75 Å². The normalized spacial score (nSPS) is 12.2. The molecule has 0 aliphatic carbocycles. The van der Waals surface area contributed by atoms with Crippen molar-refractivity contribution in [3.05, 3.63) is 29.6 Å². The second kappa shape index (κ2) is 5.64. The van der Waals surface area contributed by atoms with Gasteiger partial charge in [-0.25, -0.2) is 4.39 Å². The van der Waals surface area contributed by atoms with Gasteiger partial charge in [0, 0.05) is 12.0 Å². The van der Waals surface area contributed by atoms with Crippen molar-refractivity contribution in [1.29, 1.82) is 0 Å². The van der Waals surface area contributed by atoms with Crippen LogP contribution in [0.3, 0.4) is 0 Å². The molecule has 1 aromatic carbocycles. The predicted molar refractivity (Wildman–Crippen MR) is 61.1 cm³/mol. The molecule has 0 saturated heterocycles. The first-order valence-electron chi connectivity index (χ1n) is 5.46. The first-order chi connectivity index (χ1) is 7.54. The lowest BCUT2D eigenvalue weighted by Crippen LogP contribution is -2.18. The minimum absolute atomic E-state index is 0.00568. The molecule has 0 N–H and O–H groups in total. The van der Waals surface area contributed by atoms with Crippen LogP contribution in [-0.2, 0) is 4.79 Å². The van der Waals surface area contributed by atoms with Crippen molar-refractivity contribution >= 4 is 5.78 Å². The van der Waals surface area contributed by atoms with Gasteiger partial charge in [0.05, 0.1) is 0 Å². The van der Waals surface area contributed by atoms with Crippen molar-refractivity contribution in [1.82, 2.24) is 0 Å². The molecule has 0 heterocycles. The highest BCUT2D eigenvalue weighted by atomic mass is 19.1. The van der Waals surface area contributed by atoms with E-state index in [1.807, 2.05) is 20.8 Å². The summed E-state index contributed by atoms with van der Waals surface area (Å²) >= 11 is 0.